The fraction of sp³-hybridized carbons (Fsp3) is 0.257. The standard InChI is InChI=1S/C35H34Cl2F3N3O4S/c1-34(2,3)41-33(45)31(20-24-10-6-4-7-11-24)42(22-25-14-17-27(36)18-15-25)32(44)23-43(48(46,47)28-12-8-5-9-13-28)30-21-26(35(38,39)40)16-19-29(30)37/h4-19,21,31H,20,22-23H2,1-3H3,(H,41,45). The highest BCUT2D eigenvalue weighted by Gasteiger charge is 2.38. The molecule has 0 aliphatic heterocycles. The third-order valence-electron chi connectivity index (χ3n) is 7.19. The minimum Gasteiger partial charge on any atom is -0.350 e. The van der Waals surface area contributed by atoms with Crippen LogP contribution < -0.4 is 9.62 Å². The largest absolute Gasteiger partial charge is 0.416 e. The molecule has 0 bridgehead atoms. The topological polar surface area (TPSA) is 86.8 Å². The Balaban J connectivity index is 1.88. The molecule has 4 aromatic rings. The molecular weight excluding hydrogens is 686 g/mol. The predicted octanol–water partition coefficient (Wildman–Crippen LogP) is 7.76. The van der Waals surface area contributed by atoms with Gasteiger partial charge in [0.15, 0.2) is 0 Å². The molecule has 0 aromatic heterocycles. The second-order valence-corrected chi connectivity index (χ2v) is 14.8. The van der Waals surface area contributed by atoms with Crippen molar-refractivity contribution < 1.29 is 31.2 Å². The quantitative estimate of drug-likeness (QED) is 0.172. The van der Waals surface area contributed by atoms with Crippen LogP contribution in [0.5, 0.6) is 0 Å². The summed E-state index contributed by atoms with van der Waals surface area (Å²) in [6.45, 7) is 4.21. The van der Waals surface area contributed by atoms with E-state index in [0.29, 0.717) is 21.0 Å². The van der Waals surface area contributed by atoms with Crippen molar-refractivity contribution in [3.8, 4) is 0 Å². The fourth-order valence-corrected chi connectivity index (χ4v) is 6.75. The molecule has 7 nitrogen and oxygen atoms in total. The molecule has 0 spiro atoms. The minimum atomic E-state index is -4.84. The van der Waals surface area contributed by atoms with Crippen LogP contribution in [-0.2, 0) is 38.8 Å². The molecule has 13 heteroatoms. The van der Waals surface area contributed by atoms with Crippen molar-refractivity contribution in [2.75, 3.05) is 10.8 Å². The van der Waals surface area contributed by atoms with Gasteiger partial charge in [-0.2, -0.15) is 13.2 Å². The number of alkyl halides is 3. The molecule has 4 aromatic carbocycles. The maximum atomic E-state index is 14.5. The van der Waals surface area contributed by atoms with Crippen LogP contribution in [0.15, 0.2) is 108 Å². The van der Waals surface area contributed by atoms with Crippen molar-refractivity contribution in [2.45, 2.75) is 56.4 Å². The molecule has 1 atom stereocenters. The second kappa shape index (κ2) is 15.0. The molecule has 0 saturated heterocycles. The summed E-state index contributed by atoms with van der Waals surface area (Å²) >= 11 is 12.5. The molecule has 48 heavy (non-hydrogen) atoms. The zero-order chi connectivity index (χ0) is 35.3. The van der Waals surface area contributed by atoms with Gasteiger partial charge in [0.05, 0.1) is 21.2 Å². The summed E-state index contributed by atoms with van der Waals surface area (Å²) in [5.74, 6) is -1.37. The molecular formula is C35H34Cl2F3N3O4S. The molecule has 0 saturated carbocycles. The highest BCUT2D eigenvalue weighted by molar-refractivity contribution is 7.92. The Bertz CT molecular complexity index is 1840. The first kappa shape index (κ1) is 36.8. The summed E-state index contributed by atoms with van der Waals surface area (Å²) < 4.78 is 70.3. The molecule has 0 heterocycles. The normalized spacial score (nSPS) is 12.7. The van der Waals surface area contributed by atoms with E-state index in [1.54, 1.807) is 81.4 Å². The molecule has 0 aliphatic carbocycles. The first-order valence-corrected chi connectivity index (χ1v) is 17.0. The van der Waals surface area contributed by atoms with Gasteiger partial charge in [0.1, 0.15) is 12.6 Å². The van der Waals surface area contributed by atoms with E-state index < -0.39 is 57.4 Å². The van der Waals surface area contributed by atoms with Gasteiger partial charge in [-0.3, -0.25) is 13.9 Å². The Labute approximate surface area is 288 Å². The van der Waals surface area contributed by atoms with Crippen LogP contribution in [0.25, 0.3) is 0 Å². The molecule has 1 N–H and O–H groups in total. The van der Waals surface area contributed by atoms with Gasteiger partial charge in [0.25, 0.3) is 10.0 Å². The van der Waals surface area contributed by atoms with Gasteiger partial charge in [-0.15, -0.1) is 0 Å². The average Bonchev–Trinajstić information content (AvgIpc) is 3.02. The predicted molar refractivity (Wildman–Crippen MR) is 181 cm³/mol. The smallest absolute Gasteiger partial charge is 0.350 e. The van der Waals surface area contributed by atoms with Crippen molar-refractivity contribution in [1.29, 1.82) is 0 Å². The first-order chi connectivity index (χ1) is 22.5. The van der Waals surface area contributed by atoms with Crippen LogP contribution in [0.1, 0.15) is 37.5 Å². The van der Waals surface area contributed by atoms with Crippen molar-refractivity contribution in [3.05, 3.63) is 130 Å². The van der Waals surface area contributed by atoms with Crippen LogP contribution >= 0.6 is 23.2 Å². The maximum absolute atomic E-state index is 14.5. The summed E-state index contributed by atoms with van der Waals surface area (Å²) in [5, 5.41) is 3.02. The molecule has 2 amide bonds. The lowest BCUT2D eigenvalue weighted by atomic mass is 10.0. The molecule has 4 rings (SSSR count). The Morgan fingerprint density at radius 2 is 1.40 bits per heavy atom. The lowest BCUT2D eigenvalue weighted by molar-refractivity contribution is -0.140. The number of carbonyl (C=O) groups is 2. The van der Waals surface area contributed by atoms with E-state index in [9.17, 15) is 31.2 Å². The monoisotopic (exact) mass is 719 g/mol. The number of rotatable bonds is 11. The van der Waals surface area contributed by atoms with Crippen LogP contribution in [0.2, 0.25) is 10.0 Å². The number of benzene rings is 4. The number of sulfonamides is 1. The van der Waals surface area contributed by atoms with Crippen LogP contribution in [-0.4, -0.2) is 43.3 Å². The molecule has 1 unspecified atom stereocenters. The lowest BCUT2D eigenvalue weighted by Gasteiger charge is -2.35. The van der Waals surface area contributed by atoms with E-state index in [1.165, 1.54) is 29.2 Å². The highest BCUT2D eigenvalue weighted by atomic mass is 35.5. The number of nitrogens with one attached hydrogen (secondary N) is 1. The second-order valence-electron chi connectivity index (χ2n) is 12.1. The Morgan fingerprint density at radius 3 is 1.96 bits per heavy atom. The van der Waals surface area contributed by atoms with E-state index in [-0.39, 0.29) is 22.9 Å². The summed E-state index contributed by atoms with van der Waals surface area (Å²) in [6.07, 6.45) is -4.78. The first-order valence-electron chi connectivity index (χ1n) is 14.8. The SMILES string of the molecule is CC(C)(C)NC(=O)C(Cc1ccccc1)N(Cc1ccc(Cl)cc1)C(=O)CN(c1cc(C(F)(F)F)ccc1Cl)S(=O)(=O)c1ccccc1. The third kappa shape index (κ3) is 9.52. The van der Waals surface area contributed by atoms with E-state index in [4.69, 9.17) is 23.2 Å². The van der Waals surface area contributed by atoms with Crippen LogP contribution in [0, 0.1) is 0 Å². The van der Waals surface area contributed by atoms with Crippen LogP contribution in [0.3, 0.4) is 0 Å². The van der Waals surface area contributed by atoms with Gasteiger partial charge in [-0.05, 0) is 74.4 Å². The lowest BCUT2D eigenvalue weighted by Crippen LogP contribution is -2.56. The van der Waals surface area contributed by atoms with Crippen molar-refractivity contribution >= 4 is 50.7 Å². The van der Waals surface area contributed by atoms with Gasteiger partial charge in [-0.1, -0.05) is 83.9 Å². The molecule has 0 radical (unpaired) electrons. The van der Waals surface area contributed by atoms with Gasteiger partial charge in [-0.25, -0.2) is 8.42 Å². The van der Waals surface area contributed by atoms with E-state index in [1.807, 2.05) is 0 Å². The number of hydrogen-bond acceptors (Lipinski definition) is 4. The summed E-state index contributed by atoms with van der Waals surface area (Å²) in [7, 11) is -4.66. The summed E-state index contributed by atoms with van der Waals surface area (Å²) in [5.41, 5.74) is -1.12. The highest BCUT2D eigenvalue weighted by Crippen LogP contribution is 2.37. The molecule has 254 valence electrons. The number of amides is 2. The zero-order valence-corrected chi connectivity index (χ0v) is 28.7. The minimum absolute atomic E-state index is 0.0534. The Morgan fingerprint density at radius 1 is 0.812 bits per heavy atom. The Hall–Kier alpha value is -4.06. The zero-order valence-electron chi connectivity index (χ0n) is 26.3. The van der Waals surface area contributed by atoms with E-state index >= 15 is 0 Å². The summed E-state index contributed by atoms with van der Waals surface area (Å²) in [6, 6.07) is 23.5. The number of hydrogen-bond donors (Lipinski definition) is 1. The van der Waals surface area contributed by atoms with Crippen molar-refractivity contribution in [3.63, 3.8) is 0 Å². The number of nitrogens with zero attached hydrogens (tertiary/aromatic N) is 2. The van der Waals surface area contributed by atoms with Crippen molar-refractivity contribution in [2.24, 2.45) is 0 Å². The van der Waals surface area contributed by atoms with Crippen LogP contribution in [0.4, 0.5) is 18.9 Å². The van der Waals surface area contributed by atoms with Gasteiger partial charge >= 0.3 is 6.18 Å². The number of anilines is 1. The maximum Gasteiger partial charge on any atom is 0.416 e. The number of carbonyl (C=O) groups excluding carboxylic acids is 2. The van der Waals surface area contributed by atoms with Gasteiger partial charge in [0, 0.05) is 23.5 Å². The van der Waals surface area contributed by atoms with Gasteiger partial charge in [0.2, 0.25) is 11.8 Å². The summed E-state index contributed by atoms with van der Waals surface area (Å²) in [4.78, 5) is 29.4. The third-order valence-corrected chi connectivity index (χ3v) is 9.53. The van der Waals surface area contributed by atoms with Gasteiger partial charge < -0.3 is 10.2 Å². The Kier molecular flexibility index (Phi) is 11.5. The van der Waals surface area contributed by atoms with Crippen molar-refractivity contribution in [1.82, 2.24) is 10.2 Å². The number of halogens is 5. The molecule has 0 aliphatic rings. The van der Waals surface area contributed by atoms with E-state index in [0.717, 1.165) is 17.7 Å². The fourth-order valence-electron chi connectivity index (χ4n) is 4.91. The molecule has 0 fully saturated rings. The average molecular weight is 721 g/mol. The van der Waals surface area contributed by atoms with E-state index in [2.05, 4.69) is 5.32 Å².